The molecule has 4 rings (SSSR count). The highest BCUT2D eigenvalue weighted by Gasteiger charge is 2.70. The average molecular weight is 328 g/mol. The summed E-state index contributed by atoms with van der Waals surface area (Å²) in [5, 5.41) is 18.8. The predicted molar refractivity (Wildman–Crippen MR) is 76.4 cm³/mol. The van der Waals surface area contributed by atoms with Crippen LogP contribution in [-0.2, 0) is 23.7 Å². The van der Waals surface area contributed by atoms with Crippen LogP contribution in [0, 0.1) is 0 Å². The second kappa shape index (κ2) is 4.50. The molecule has 1 N–H and O–H groups in total. The number of rotatable bonds is 1. The molecule has 8 nitrogen and oxygen atoms in total. The van der Waals surface area contributed by atoms with Crippen molar-refractivity contribution in [3.05, 3.63) is 0 Å². The lowest BCUT2D eigenvalue weighted by molar-refractivity contribution is -0.229. The fraction of sp³-hybridized carbons (Fsp3) is 1.00. The zero-order valence-corrected chi connectivity index (χ0v) is 14.1. The molecule has 0 aliphatic carbocycles. The van der Waals surface area contributed by atoms with E-state index in [0.717, 1.165) is 0 Å². The molecule has 0 amide bonds. The highest BCUT2D eigenvalue weighted by atomic mass is 16.8. The molecule has 0 unspecified atom stereocenters. The van der Waals surface area contributed by atoms with E-state index in [4.69, 9.17) is 23.7 Å². The number of nitrogens with zero attached hydrogens (tertiary/aromatic N) is 2. The van der Waals surface area contributed by atoms with Crippen molar-refractivity contribution in [1.29, 1.82) is 0 Å². The Bertz CT molecular complexity index is 548. The van der Waals surface area contributed by atoms with Gasteiger partial charge < -0.3 is 28.8 Å². The third-order valence-electron chi connectivity index (χ3n) is 4.76. The van der Waals surface area contributed by atoms with Crippen LogP contribution in [0.5, 0.6) is 0 Å². The standard InChI is InChI=1S/C15H24N2O6/c1-12(2)19-6-8(21-12)9-15(7-14(5,18)16-17-15)10-11(20-9)23-13(3,4)22-10/h8-11,18H,6-7H2,1-5H3/t8-,9-,10+,11-,14+,15+/m1/s1. The normalized spacial score (nSPS) is 53.3. The summed E-state index contributed by atoms with van der Waals surface area (Å²) >= 11 is 0. The van der Waals surface area contributed by atoms with E-state index >= 15 is 0 Å². The number of hydrogen-bond donors (Lipinski definition) is 1. The van der Waals surface area contributed by atoms with E-state index in [1.54, 1.807) is 6.92 Å². The summed E-state index contributed by atoms with van der Waals surface area (Å²) in [6.07, 6.45) is -1.47. The fourth-order valence-electron chi connectivity index (χ4n) is 3.99. The molecule has 0 aromatic carbocycles. The lowest BCUT2D eigenvalue weighted by atomic mass is 9.81. The van der Waals surface area contributed by atoms with Gasteiger partial charge in [0.25, 0.3) is 0 Å². The third-order valence-corrected chi connectivity index (χ3v) is 4.76. The molecule has 4 heterocycles. The van der Waals surface area contributed by atoms with Crippen LogP contribution >= 0.6 is 0 Å². The lowest BCUT2D eigenvalue weighted by Crippen LogP contribution is -2.53. The van der Waals surface area contributed by atoms with Crippen molar-refractivity contribution in [1.82, 2.24) is 0 Å². The molecule has 3 saturated heterocycles. The van der Waals surface area contributed by atoms with Crippen molar-refractivity contribution in [2.24, 2.45) is 10.2 Å². The Morgan fingerprint density at radius 1 is 0.913 bits per heavy atom. The van der Waals surface area contributed by atoms with Gasteiger partial charge in [-0.2, -0.15) is 10.2 Å². The van der Waals surface area contributed by atoms with Crippen LogP contribution in [0.2, 0.25) is 0 Å². The van der Waals surface area contributed by atoms with E-state index in [-0.39, 0.29) is 6.10 Å². The van der Waals surface area contributed by atoms with Gasteiger partial charge in [0.15, 0.2) is 23.6 Å². The zero-order chi connectivity index (χ0) is 16.7. The largest absolute Gasteiger partial charge is 0.368 e. The Hall–Kier alpha value is -0.640. The second-order valence-electron chi connectivity index (χ2n) is 7.93. The minimum atomic E-state index is -1.25. The quantitative estimate of drug-likeness (QED) is 0.780. The Morgan fingerprint density at radius 3 is 2.22 bits per heavy atom. The third kappa shape index (κ3) is 2.43. The lowest BCUT2D eigenvalue weighted by Gasteiger charge is -2.34. The van der Waals surface area contributed by atoms with Crippen LogP contribution in [0.1, 0.15) is 41.0 Å². The number of ether oxygens (including phenoxy) is 5. The van der Waals surface area contributed by atoms with Gasteiger partial charge in [-0.1, -0.05) is 0 Å². The van der Waals surface area contributed by atoms with Crippen LogP contribution in [0.4, 0.5) is 0 Å². The Balaban J connectivity index is 1.67. The summed E-state index contributed by atoms with van der Waals surface area (Å²) in [7, 11) is 0. The molecule has 4 aliphatic heterocycles. The first-order valence-electron chi connectivity index (χ1n) is 8.01. The first-order valence-corrected chi connectivity index (χ1v) is 8.01. The average Bonchev–Trinajstić information content (AvgIpc) is 3.06. The van der Waals surface area contributed by atoms with E-state index in [2.05, 4.69) is 10.2 Å². The maximum absolute atomic E-state index is 10.3. The fourth-order valence-corrected chi connectivity index (χ4v) is 3.99. The Labute approximate surface area is 135 Å². The smallest absolute Gasteiger partial charge is 0.190 e. The van der Waals surface area contributed by atoms with E-state index in [1.807, 2.05) is 27.7 Å². The van der Waals surface area contributed by atoms with E-state index < -0.39 is 41.3 Å². The van der Waals surface area contributed by atoms with Gasteiger partial charge in [0.1, 0.15) is 23.9 Å². The van der Waals surface area contributed by atoms with Crippen LogP contribution in [0.25, 0.3) is 0 Å². The monoisotopic (exact) mass is 328 g/mol. The SMILES string of the molecule is CC1(C)OC[C@H]([C@H]2O[C@@H]3OC(C)(C)O[C@@H]3[C@]23C[C@](C)(O)N=N3)O1. The minimum Gasteiger partial charge on any atom is -0.368 e. The highest BCUT2D eigenvalue weighted by Crippen LogP contribution is 2.53. The topological polar surface area (TPSA) is 91.1 Å². The molecule has 0 radical (unpaired) electrons. The molecule has 130 valence electrons. The van der Waals surface area contributed by atoms with Crippen LogP contribution in [0.3, 0.4) is 0 Å². The van der Waals surface area contributed by atoms with Crippen molar-refractivity contribution in [2.45, 2.75) is 88.5 Å². The van der Waals surface area contributed by atoms with Gasteiger partial charge in [0, 0.05) is 6.42 Å². The first kappa shape index (κ1) is 15.9. The summed E-state index contributed by atoms with van der Waals surface area (Å²) in [5.74, 6) is -1.43. The first-order chi connectivity index (χ1) is 10.5. The van der Waals surface area contributed by atoms with Gasteiger partial charge in [0.05, 0.1) is 6.61 Å². The van der Waals surface area contributed by atoms with Crippen LogP contribution < -0.4 is 0 Å². The van der Waals surface area contributed by atoms with Gasteiger partial charge in [-0.15, -0.1) is 0 Å². The molecule has 0 aromatic rings. The van der Waals surface area contributed by atoms with Crippen molar-refractivity contribution in [2.75, 3.05) is 6.61 Å². The second-order valence-corrected chi connectivity index (χ2v) is 7.93. The number of azo groups is 1. The molecule has 0 aromatic heterocycles. The number of fused-ring (bicyclic) bond motifs is 2. The Kier molecular flexibility index (Phi) is 3.10. The summed E-state index contributed by atoms with van der Waals surface area (Å²) in [6.45, 7) is 9.40. The highest BCUT2D eigenvalue weighted by molar-refractivity contribution is 5.17. The number of aliphatic hydroxyl groups is 1. The maximum atomic E-state index is 10.3. The molecule has 23 heavy (non-hydrogen) atoms. The minimum absolute atomic E-state index is 0.297. The Morgan fingerprint density at radius 2 is 1.65 bits per heavy atom. The molecule has 0 bridgehead atoms. The van der Waals surface area contributed by atoms with Crippen molar-refractivity contribution < 1.29 is 28.8 Å². The summed E-state index contributed by atoms with van der Waals surface area (Å²) in [6, 6.07) is 0. The summed E-state index contributed by atoms with van der Waals surface area (Å²) < 4.78 is 29.6. The van der Waals surface area contributed by atoms with Crippen molar-refractivity contribution in [3.8, 4) is 0 Å². The van der Waals surface area contributed by atoms with Crippen LogP contribution in [0.15, 0.2) is 10.2 Å². The molecule has 3 fully saturated rings. The molecule has 1 spiro atoms. The van der Waals surface area contributed by atoms with Gasteiger partial charge >= 0.3 is 0 Å². The molecule has 4 aliphatic rings. The van der Waals surface area contributed by atoms with Gasteiger partial charge in [0.2, 0.25) is 0 Å². The van der Waals surface area contributed by atoms with Gasteiger partial charge in [-0.25, -0.2) is 0 Å². The molecule has 8 heteroatoms. The molecular formula is C15H24N2O6. The van der Waals surface area contributed by atoms with E-state index in [1.165, 1.54) is 0 Å². The van der Waals surface area contributed by atoms with Crippen molar-refractivity contribution in [3.63, 3.8) is 0 Å². The molecule has 6 atom stereocenters. The van der Waals surface area contributed by atoms with Crippen LogP contribution in [-0.4, -0.2) is 59.2 Å². The molecule has 0 saturated carbocycles. The number of hydrogen-bond acceptors (Lipinski definition) is 8. The maximum Gasteiger partial charge on any atom is 0.190 e. The van der Waals surface area contributed by atoms with Crippen molar-refractivity contribution >= 4 is 0 Å². The zero-order valence-electron chi connectivity index (χ0n) is 14.1. The van der Waals surface area contributed by atoms with E-state index in [9.17, 15) is 5.11 Å². The molecular weight excluding hydrogens is 304 g/mol. The predicted octanol–water partition coefficient (Wildman–Crippen LogP) is 1.32. The van der Waals surface area contributed by atoms with Gasteiger partial charge in [-0.05, 0) is 34.6 Å². The summed E-state index contributed by atoms with van der Waals surface area (Å²) in [5.41, 5.74) is -2.09. The van der Waals surface area contributed by atoms with E-state index in [0.29, 0.717) is 13.0 Å². The summed E-state index contributed by atoms with van der Waals surface area (Å²) in [4.78, 5) is 0. The van der Waals surface area contributed by atoms with Gasteiger partial charge in [-0.3, -0.25) is 0 Å².